The van der Waals surface area contributed by atoms with Crippen molar-refractivity contribution in [1.82, 2.24) is 9.55 Å². The molecule has 1 saturated heterocycles. The molecule has 1 aromatic heterocycles. The fourth-order valence-corrected chi connectivity index (χ4v) is 2.18. The van der Waals surface area contributed by atoms with Crippen molar-refractivity contribution in [2.24, 2.45) is 0 Å². The molecular formula is C11H17N3O6. The topological polar surface area (TPSA) is 128 Å². The molecule has 4 atom stereocenters. The highest BCUT2D eigenvalue weighted by Gasteiger charge is 2.44. The first kappa shape index (κ1) is 14.7. The molecule has 112 valence electrons. The molecule has 1 aliphatic heterocycles. The van der Waals surface area contributed by atoms with Gasteiger partial charge in [0.25, 0.3) is 5.56 Å². The molecule has 0 radical (unpaired) electrons. The summed E-state index contributed by atoms with van der Waals surface area (Å²) in [4.78, 5) is 26.9. The summed E-state index contributed by atoms with van der Waals surface area (Å²) in [5.74, 6) is 0.216. The largest absolute Gasteiger partial charge is 0.394 e. The Labute approximate surface area is 113 Å². The van der Waals surface area contributed by atoms with Crippen molar-refractivity contribution in [2.75, 3.05) is 25.6 Å². The Kier molecular flexibility index (Phi) is 3.95. The van der Waals surface area contributed by atoms with Crippen LogP contribution in [0.15, 0.2) is 15.7 Å². The van der Waals surface area contributed by atoms with Crippen molar-refractivity contribution in [3.8, 4) is 0 Å². The molecule has 20 heavy (non-hydrogen) atoms. The van der Waals surface area contributed by atoms with Crippen molar-refractivity contribution in [3.05, 3.63) is 26.9 Å². The summed E-state index contributed by atoms with van der Waals surface area (Å²) in [5.41, 5.74) is -1.35. The van der Waals surface area contributed by atoms with E-state index in [0.717, 1.165) is 4.57 Å². The van der Waals surface area contributed by atoms with Crippen molar-refractivity contribution < 1.29 is 20.1 Å². The van der Waals surface area contributed by atoms with Gasteiger partial charge in [-0.15, -0.1) is 0 Å². The number of nitrogens with zero attached hydrogens (tertiary/aromatic N) is 2. The first-order valence-electron chi connectivity index (χ1n) is 6.02. The Bertz CT molecular complexity index is 595. The second-order valence-electron chi connectivity index (χ2n) is 4.79. The van der Waals surface area contributed by atoms with E-state index in [0.29, 0.717) is 0 Å². The van der Waals surface area contributed by atoms with Gasteiger partial charge in [-0.25, -0.2) is 9.36 Å². The van der Waals surface area contributed by atoms with Crippen LogP contribution in [0.5, 0.6) is 0 Å². The minimum Gasteiger partial charge on any atom is -0.394 e. The van der Waals surface area contributed by atoms with E-state index in [-0.39, 0.29) is 5.82 Å². The second kappa shape index (κ2) is 5.37. The normalized spacial score (nSPS) is 29.6. The Hall–Kier alpha value is -1.68. The zero-order valence-electron chi connectivity index (χ0n) is 11.1. The summed E-state index contributed by atoms with van der Waals surface area (Å²) >= 11 is 0. The Balaban J connectivity index is 2.53. The lowest BCUT2D eigenvalue weighted by atomic mass is 10.1. The molecule has 1 aliphatic rings. The van der Waals surface area contributed by atoms with Crippen LogP contribution in [0.25, 0.3) is 0 Å². The van der Waals surface area contributed by atoms with E-state index in [1.807, 2.05) is 0 Å². The molecule has 9 heteroatoms. The average molecular weight is 287 g/mol. The van der Waals surface area contributed by atoms with E-state index >= 15 is 0 Å². The lowest BCUT2D eigenvalue weighted by Crippen LogP contribution is -2.40. The van der Waals surface area contributed by atoms with Crippen molar-refractivity contribution in [1.29, 1.82) is 0 Å². The molecular weight excluding hydrogens is 270 g/mol. The lowest BCUT2D eigenvalue weighted by Gasteiger charge is -2.24. The van der Waals surface area contributed by atoms with Gasteiger partial charge in [-0.2, -0.15) is 0 Å². The van der Waals surface area contributed by atoms with Crippen molar-refractivity contribution in [2.45, 2.75) is 24.5 Å². The molecule has 1 aromatic rings. The van der Waals surface area contributed by atoms with E-state index in [1.54, 1.807) is 14.1 Å². The number of aromatic amines is 1. The maximum absolute atomic E-state index is 11.9. The highest BCUT2D eigenvalue weighted by atomic mass is 16.6. The van der Waals surface area contributed by atoms with Gasteiger partial charge in [0, 0.05) is 20.2 Å². The molecule has 0 aromatic carbocycles. The fraction of sp³-hybridized carbons (Fsp3) is 0.636. The smallest absolute Gasteiger partial charge is 0.332 e. The van der Waals surface area contributed by atoms with Crippen LogP contribution in [0.2, 0.25) is 0 Å². The van der Waals surface area contributed by atoms with Crippen LogP contribution in [0.3, 0.4) is 0 Å². The van der Waals surface area contributed by atoms with Gasteiger partial charge < -0.3 is 25.0 Å². The molecule has 0 saturated carbocycles. The number of rotatable bonds is 3. The first-order chi connectivity index (χ1) is 9.36. The molecule has 2 rings (SSSR count). The van der Waals surface area contributed by atoms with Gasteiger partial charge in [0.2, 0.25) is 0 Å². The summed E-state index contributed by atoms with van der Waals surface area (Å²) in [7, 11) is 3.23. The maximum atomic E-state index is 11.9. The van der Waals surface area contributed by atoms with Crippen molar-refractivity contribution in [3.63, 3.8) is 0 Å². The average Bonchev–Trinajstić information content (AvgIpc) is 2.65. The Morgan fingerprint density at radius 1 is 1.35 bits per heavy atom. The molecule has 2 heterocycles. The number of aliphatic hydroxyl groups excluding tert-OH is 3. The second-order valence-corrected chi connectivity index (χ2v) is 4.79. The van der Waals surface area contributed by atoms with Gasteiger partial charge in [-0.1, -0.05) is 0 Å². The van der Waals surface area contributed by atoms with E-state index in [4.69, 9.17) is 9.84 Å². The first-order valence-corrected chi connectivity index (χ1v) is 6.02. The van der Waals surface area contributed by atoms with Crippen molar-refractivity contribution >= 4 is 5.82 Å². The van der Waals surface area contributed by atoms with Gasteiger partial charge in [-0.3, -0.25) is 9.78 Å². The van der Waals surface area contributed by atoms with Crippen LogP contribution in [0, 0.1) is 0 Å². The predicted molar refractivity (Wildman–Crippen MR) is 68.7 cm³/mol. The maximum Gasteiger partial charge on any atom is 0.332 e. The molecule has 0 bridgehead atoms. The number of hydrogen-bond donors (Lipinski definition) is 4. The van der Waals surface area contributed by atoms with Gasteiger partial charge >= 0.3 is 5.69 Å². The monoisotopic (exact) mass is 287 g/mol. The molecule has 0 aliphatic carbocycles. The van der Waals surface area contributed by atoms with Crippen LogP contribution < -0.4 is 16.1 Å². The van der Waals surface area contributed by atoms with E-state index < -0.39 is 42.4 Å². The lowest BCUT2D eigenvalue weighted by molar-refractivity contribution is -0.0542. The van der Waals surface area contributed by atoms with Gasteiger partial charge in [-0.05, 0) is 0 Å². The van der Waals surface area contributed by atoms with Crippen LogP contribution in [-0.4, -0.2) is 63.9 Å². The summed E-state index contributed by atoms with van der Waals surface area (Å²) in [6, 6.07) is 1.18. The summed E-state index contributed by atoms with van der Waals surface area (Å²) < 4.78 is 6.33. The molecule has 4 N–H and O–H groups in total. The standard InChI is InChI=1S/C11H17N3O6/c1-13(2)7-3-6(16)12-11(19)14(7)10-9(18)8(17)5(4-15)20-10/h3,5,8-10,15,17-18H,4H2,1-2H3,(H,12,16,19)/t5-,8-,9-,10-/m1/s1. The van der Waals surface area contributed by atoms with E-state index in [1.165, 1.54) is 11.0 Å². The summed E-state index contributed by atoms with van der Waals surface area (Å²) in [5, 5.41) is 28.7. The number of hydrogen-bond acceptors (Lipinski definition) is 7. The molecule has 1 fully saturated rings. The zero-order valence-corrected chi connectivity index (χ0v) is 11.1. The quantitative estimate of drug-likeness (QED) is 0.473. The molecule has 0 unspecified atom stereocenters. The van der Waals surface area contributed by atoms with Gasteiger partial charge in [0.05, 0.1) is 6.61 Å². The molecule has 0 amide bonds. The summed E-state index contributed by atoms with van der Waals surface area (Å²) in [6.45, 7) is -0.496. The number of nitrogens with one attached hydrogen (secondary N) is 1. The number of anilines is 1. The Morgan fingerprint density at radius 3 is 2.50 bits per heavy atom. The third-order valence-corrected chi connectivity index (χ3v) is 3.19. The third-order valence-electron chi connectivity index (χ3n) is 3.19. The molecule has 0 spiro atoms. The minimum atomic E-state index is -1.39. The van der Waals surface area contributed by atoms with Crippen LogP contribution >= 0.6 is 0 Å². The molecule has 9 nitrogen and oxygen atoms in total. The SMILES string of the molecule is CN(C)c1cc(=O)[nH]c(=O)n1[C@@H]1O[C@H](CO)[C@@H](O)[C@H]1O. The summed E-state index contributed by atoms with van der Waals surface area (Å²) in [6.07, 6.45) is -4.90. The van der Waals surface area contributed by atoms with Crippen LogP contribution in [0.1, 0.15) is 6.23 Å². The number of aromatic nitrogens is 2. The number of aliphatic hydroxyl groups is 3. The predicted octanol–water partition coefficient (Wildman–Crippen LogP) is -2.79. The van der Waals surface area contributed by atoms with Gasteiger partial charge in [0.15, 0.2) is 6.23 Å². The number of ether oxygens (including phenoxy) is 1. The van der Waals surface area contributed by atoms with Crippen LogP contribution in [0.4, 0.5) is 5.82 Å². The fourth-order valence-electron chi connectivity index (χ4n) is 2.18. The minimum absolute atomic E-state index is 0.216. The van der Waals surface area contributed by atoms with Crippen LogP contribution in [-0.2, 0) is 4.74 Å². The van der Waals surface area contributed by atoms with Gasteiger partial charge in [0.1, 0.15) is 24.1 Å². The zero-order chi connectivity index (χ0) is 15.0. The highest BCUT2D eigenvalue weighted by Crippen LogP contribution is 2.30. The third kappa shape index (κ3) is 2.36. The number of H-pyrrole nitrogens is 1. The Morgan fingerprint density at radius 2 is 2.00 bits per heavy atom. The van der Waals surface area contributed by atoms with E-state index in [2.05, 4.69) is 4.98 Å². The highest BCUT2D eigenvalue weighted by molar-refractivity contribution is 5.36. The van der Waals surface area contributed by atoms with E-state index in [9.17, 15) is 19.8 Å².